The van der Waals surface area contributed by atoms with Crippen LogP contribution in [0.15, 0.2) is 72.8 Å². The molecule has 3 aromatic rings. The molecule has 98 valence electrons. The maximum atomic E-state index is 10.2. The van der Waals surface area contributed by atoms with Crippen molar-refractivity contribution in [2.45, 2.75) is 0 Å². The Balaban J connectivity index is 2.29. The molecule has 2 N–H and O–H groups in total. The lowest BCUT2D eigenvalue weighted by Gasteiger charge is -2.13. The van der Waals surface area contributed by atoms with Gasteiger partial charge < -0.3 is 10.2 Å². The molecule has 0 aromatic heterocycles. The van der Waals surface area contributed by atoms with Gasteiger partial charge in [-0.05, 0) is 23.3 Å². The van der Waals surface area contributed by atoms with Crippen molar-refractivity contribution in [3.8, 4) is 33.8 Å². The highest BCUT2D eigenvalue weighted by Gasteiger charge is 2.14. The molecule has 0 amide bonds. The fourth-order valence-corrected chi connectivity index (χ4v) is 2.37. The summed E-state index contributed by atoms with van der Waals surface area (Å²) in [5, 5.41) is 20.3. The van der Waals surface area contributed by atoms with Crippen LogP contribution in [0.4, 0.5) is 0 Å². The number of hydrogen-bond donors (Lipinski definition) is 2. The van der Waals surface area contributed by atoms with Crippen molar-refractivity contribution in [1.82, 2.24) is 0 Å². The van der Waals surface area contributed by atoms with Gasteiger partial charge in [0.15, 0.2) is 0 Å². The van der Waals surface area contributed by atoms with Gasteiger partial charge >= 0.3 is 0 Å². The van der Waals surface area contributed by atoms with Gasteiger partial charge in [0, 0.05) is 11.1 Å². The van der Waals surface area contributed by atoms with Crippen molar-refractivity contribution >= 4 is 0 Å². The average molecular weight is 262 g/mol. The molecule has 0 radical (unpaired) electrons. The van der Waals surface area contributed by atoms with Crippen LogP contribution in [0.5, 0.6) is 11.5 Å². The van der Waals surface area contributed by atoms with Crippen molar-refractivity contribution in [2.75, 3.05) is 0 Å². The number of rotatable bonds is 2. The van der Waals surface area contributed by atoms with E-state index < -0.39 is 0 Å². The molecule has 0 atom stereocenters. The van der Waals surface area contributed by atoms with Crippen LogP contribution in [0.2, 0.25) is 0 Å². The van der Waals surface area contributed by atoms with E-state index in [9.17, 15) is 10.2 Å². The number of phenolic OH excluding ortho intramolecular Hbond substituents is 2. The van der Waals surface area contributed by atoms with E-state index in [0.717, 1.165) is 11.1 Å². The van der Waals surface area contributed by atoms with Crippen LogP contribution in [-0.2, 0) is 0 Å². The first-order valence-electron chi connectivity index (χ1n) is 6.43. The van der Waals surface area contributed by atoms with Crippen LogP contribution in [0.1, 0.15) is 0 Å². The Morgan fingerprint density at radius 2 is 1.10 bits per heavy atom. The Hall–Kier alpha value is -2.74. The van der Waals surface area contributed by atoms with E-state index >= 15 is 0 Å². The molecule has 2 heteroatoms. The Morgan fingerprint density at radius 3 is 1.85 bits per heavy atom. The molecule has 0 aliphatic heterocycles. The van der Waals surface area contributed by atoms with Crippen LogP contribution in [-0.4, -0.2) is 10.2 Å². The predicted octanol–water partition coefficient (Wildman–Crippen LogP) is 4.43. The summed E-state index contributed by atoms with van der Waals surface area (Å²) in [7, 11) is 0. The lowest BCUT2D eigenvalue weighted by molar-refractivity contribution is 0.469. The van der Waals surface area contributed by atoms with E-state index in [4.69, 9.17) is 0 Å². The second-order valence-electron chi connectivity index (χ2n) is 4.58. The highest BCUT2D eigenvalue weighted by atomic mass is 16.3. The summed E-state index contributed by atoms with van der Waals surface area (Å²) in [6.07, 6.45) is 0. The minimum atomic E-state index is 0.159. The van der Waals surface area contributed by atoms with Crippen molar-refractivity contribution in [2.24, 2.45) is 0 Å². The van der Waals surface area contributed by atoms with E-state index in [1.54, 1.807) is 30.3 Å². The zero-order chi connectivity index (χ0) is 13.9. The maximum absolute atomic E-state index is 10.2. The van der Waals surface area contributed by atoms with E-state index in [2.05, 4.69) is 0 Å². The monoisotopic (exact) mass is 262 g/mol. The Morgan fingerprint density at radius 1 is 0.500 bits per heavy atom. The molecule has 0 unspecified atom stereocenters. The summed E-state index contributed by atoms with van der Waals surface area (Å²) < 4.78 is 0. The Kier molecular flexibility index (Phi) is 3.13. The minimum Gasteiger partial charge on any atom is -0.507 e. The molecule has 3 rings (SSSR count). The van der Waals surface area contributed by atoms with Crippen LogP contribution >= 0.6 is 0 Å². The van der Waals surface area contributed by atoms with Gasteiger partial charge in [-0.3, -0.25) is 0 Å². The second kappa shape index (κ2) is 5.10. The third kappa shape index (κ3) is 2.12. The maximum Gasteiger partial charge on any atom is 0.124 e. The number of hydrogen-bond acceptors (Lipinski definition) is 2. The first kappa shape index (κ1) is 12.3. The van der Waals surface area contributed by atoms with Crippen molar-refractivity contribution < 1.29 is 10.2 Å². The van der Waals surface area contributed by atoms with Crippen molar-refractivity contribution in [3.63, 3.8) is 0 Å². The number of aromatic hydroxyl groups is 2. The molecule has 0 saturated heterocycles. The zero-order valence-corrected chi connectivity index (χ0v) is 10.8. The van der Waals surface area contributed by atoms with Gasteiger partial charge in [0.05, 0.1) is 0 Å². The van der Waals surface area contributed by atoms with Crippen LogP contribution in [0.25, 0.3) is 22.3 Å². The molecule has 0 saturated carbocycles. The Labute approximate surface area is 117 Å². The summed E-state index contributed by atoms with van der Waals surface area (Å²) in [4.78, 5) is 0. The summed E-state index contributed by atoms with van der Waals surface area (Å²) >= 11 is 0. The first-order valence-corrected chi connectivity index (χ1v) is 6.43. The molecule has 20 heavy (non-hydrogen) atoms. The lowest BCUT2D eigenvalue weighted by atomic mass is 9.93. The smallest absolute Gasteiger partial charge is 0.124 e. The van der Waals surface area contributed by atoms with Gasteiger partial charge in [0.2, 0.25) is 0 Å². The van der Waals surface area contributed by atoms with Gasteiger partial charge in [-0.2, -0.15) is 0 Å². The molecule has 0 fully saturated rings. The predicted molar refractivity (Wildman–Crippen MR) is 80.6 cm³/mol. The van der Waals surface area contributed by atoms with Gasteiger partial charge in [0.25, 0.3) is 0 Å². The van der Waals surface area contributed by atoms with E-state index in [1.807, 2.05) is 42.5 Å². The third-order valence-corrected chi connectivity index (χ3v) is 3.30. The number of phenols is 2. The molecular formula is C18H14O2. The quantitative estimate of drug-likeness (QED) is 0.717. The summed E-state index contributed by atoms with van der Waals surface area (Å²) in [5.74, 6) is 0.319. The van der Waals surface area contributed by atoms with Crippen LogP contribution in [0.3, 0.4) is 0 Å². The molecular weight excluding hydrogens is 248 g/mol. The standard InChI is InChI=1S/C18H14O2/c19-16-11-5-4-9-15(16)18-14(10-6-12-17(18)20)13-7-2-1-3-8-13/h1-12,19-20H. The zero-order valence-electron chi connectivity index (χ0n) is 10.8. The van der Waals surface area contributed by atoms with Gasteiger partial charge in [-0.15, -0.1) is 0 Å². The van der Waals surface area contributed by atoms with Gasteiger partial charge in [-0.25, -0.2) is 0 Å². The van der Waals surface area contributed by atoms with E-state index in [0.29, 0.717) is 11.1 Å². The van der Waals surface area contributed by atoms with E-state index in [-0.39, 0.29) is 11.5 Å². The third-order valence-electron chi connectivity index (χ3n) is 3.30. The molecule has 0 heterocycles. The fourth-order valence-electron chi connectivity index (χ4n) is 2.37. The number of benzene rings is 3. The summed E-state index contributed by atoms with van der Waals surface area (Å²) in [5.41, 5.74) is 3.18. The summed E-state index contributed by atoms with van der Waals surface area (Å²) in [6, 6.07) is 22.2. The van der Waals surface area contributed by atoms with Crippen LogP contribution in [0, 0.1) is 0 Å². The SMILES string of the molecule is Oc1ccccc1-c1c(O)cccc1-c1ccccc1. The highest BCUT2D eigenvalue weighted by molar-refractivity contribution is 5.89. The fraction of sp³-hybridized carbons (Fsp3) is 0. The average Bonchev–Trinajstić information content (AvgIpc) is 2.49. The largest absolute Gasteiger partial charge is 0.507 e. The normalized spacial score (nSPS) is 10.4. The molecule has 0 aliphatic rings. The topological polar surface area (TPSA) is 40.5 Å². The molecule has 3 aromatic carbocycles. The highest BCUT2D eigenvalue weighted by Crippen LogP contribution is 2.41. The van der Waals surface area contributed by atoms with Crippen LogP contribution < -0.4 is 0 Å². The van der Waals surface area contributed by atoms with Gasteiger partial charge in [-0.1, -0.05) is 60.7 Å². The Bertz CT molecular complexity index is 733. The molecule has 0 spiro atoms. The second-order valence-corrected chi connectivity index (χ2v) is 4.58. The first-order chi connectivity index (χ1) is 9.77. The lowest BCUT2D eigenvalue weighted by Crippen LogP contribution is -1.86. The molecule has 0 aliphatic carbocycles. The molecule has 2 nitrogen and oxygen atoms in total. The van der Waals surface area contributed by atoms with Crippen molar-refractivity contribution in [1.29, 1.82) is 0 Å². The van der Waals surface area contributed by atoms with Crippen molar-refractivity contribution in [3.05, 3.63) is 72.8 Å². The molecule has 0 bridgehead atoms. The number of para-hydroxylation sites is 1. The van der Waals surface area contributed by atoms with E-state index in [1.165, 1.54) is 0 Å². The van der Waals surface area contributed by atoms with Gasteiger partial charge in [0.1, 0.15) is 11.5 Å². The summed E-state index contributed by atoms with van der Waals surface area (Å²) in [6.45, 7) is 0. The minimum absolute atomic E-state index is 0.159.